The van der Waals surface area contributed by atoms with Crippen LogP contribution in [0.25, 0.3) is 10.9 Å². The maximum absolute atomic E-state index is 13.4. The van der Waals surface area contributed by atoms with E-state index < -0.39 is 17.7 Å². The summed E-state index contributed by atoms with van der Waals surface area (Å²) >= 11 is 0. The highest BCUT2D eigenvalue weighted by Gasteiger charge is 2.34. The number of aromatic nitrogens is 1. The molecule has 0 unspecified atom stereocenters. The highest BCUT2D eigenvalue weighted by molar-refractivity contribution is 5.85. The molecule has 1 saturated heterocycles. The van der Waals surface area contributed by atoms with E-state index in [-0.39, 0.29) is 18.6 Å². The van der Waals surface area contributed by atoms with Crippen LogP contribution in [0.5, 0.6) is 5.75 Å². The first-order valence-electron chi connectivity index (χ1n) is 12.6. The van der Waals surface area contributed by atoms with Gasteiger partial charge in [-0.3, -0.25) is 4.98 Å². The molecule has 1 aromatic heterocycles. The Morgan fingerprint density at radius 1 is 1.11 bits per heavy atom. The molecule has 0 amide bonds. The molecule has 1 aliphatic rings. The number of nitrogens with zero attached hydrogens (tertiary/aromatic N) is 2. The quantitative estimate of drug-likeness (QED) is 0.306. The topological polar surface area (TPSA) is 98.1 Å². The molecule has 9 heteroatoms. The molecule has 4 N–H and O–H groups in total. The Kier molecular flexibility index (Phi) is 8.91. The van der Waals surface area contributed by atoms with E-state index in [1.165, 1.54) is 12.1 Å². The first-order valence-corrected chi connectivity index (χ1v) is 12.6. The number of rotatable bonds is 11. The highest BCUT2D eigenvalue weighted by Crippen LogP contribution is 2.39. The summed E-state index contributed by atoms with van der Waals surface area (Å²) in [6.45, 7) is 2.64. The zero-order chi connectivity index (χ0) is 26.4. The number of nitrogens with one attached hydrogen (secondary N) is 1. The Hall–Kier alpha value is -2.85. The summed E-state index contributed by atoms with van der Waals surface area (Å²) < 4.78 is 32.1. The molecule has 3 aromatic rings. The average molecular weight is 516 g/mol. The molecule has 1 atom stereocenters. The molecule has 7 nitrogen and oxygen atoms in total. The lowest BCUT2D eigenvalue weighted by molar-refractivity contribution is 0.0246. The molecule has 1 fully saturated rings. The molecule has 2 aromatic carbocycles. The van der Waals surface area contributed by atoms with E-state index in [1.807, 2.05) is 18.2 Å². The van der Waals surface area contributed by atoms with Crippen LogP contribution in [0.4, 0.5) is 14.5 Å². The van der Waals surface area contributed by atoms with Crippen molar-refractivity contribution in [3.05, 3.63) is 65.4 Å². The van der Waals surface area contributed by atoms with Crippen LogP contribution in [-0.4, -0.2) is 65.1 Å². The second-order valence-corrected chi connectivity index (χ2v) is 9.88. The first-order chi connectivity index (χ1) is 17.9. The van der Waals surface area contributed by atoms with Crippen molar-refractivity contribution in [2.24, 2.45) is 5.41 Å². The Bertz CT molecular complexity index is 1180. The number of anilines is 1. The molecule has 0 radical (unpaired) electrons. The molecule has 200 valence electrons. The van der Waals surface area contributed by atoms with Crippen molar-refractivity contribution >= 4 is 16.6 Å². The fourth-order valence-electron chi connectivity index (χ4n) is 5.22. The number of pyridine rings is 1. The monoisotopic (exact) mass is 515 g/mol. The van der Waals surface area contributed by atoms with Crippen LogP contribution in [0.1, 0.15) is 42.9 Å². The number of fused-ring (bicyclic) bond motifs is 1. The standard InChI is InChI=1S/C28H35F2N3O4/c1-37-23-2-3-25-24(15-23)27(19(17-34)16-32-25)26(36)4-5-28(18-35)6-9-33(10-7-28)11-8-31-22-13-20(29)12-21(30)14-22/h2-3,12-16,26,31,34-36H,4-11,17-18H2,1H3/t26-/m1/s1. The minimum Gasteiger partial charge on any atom is -0.497 e. The Morgan fingerprint density at radius 3 is 2.49 bits per heavy atom. The predicted molar refractivity (Wildman–Crippen MR) is 138 cm³/mol. The van der Waals surface area contributed by atoms with Gasteiger partial charge in [0.15, 0.2) is 0 Å². The second-order valence-electron chi connectivity index (χ2n) is 9.88. The van der Waals surface area contributed by atoms with Crippen LogP contribution in [-0.2, 0) is 6.61 Å². The van der Waals surface area contributed by atoms with Gasteiger partial charge < -0.3 is 30.3 Å². The zero-order valence-corrected chi connectivity index (χ0v) is 21.1. The lowest BCUT2D eigenvalue weighted by Crippen LogP contribution is -2.43. The summed E-state index contributed by atoms with van der Waals surface area (Å²) in [5.41, 5.74) is 2.06. The Morgan fingerprint density at radius 2 is 1.84 bits per heavy atom. The van der Waals surface area contributed by atoms with Crippen molar-refractivity contribution in [2.45, 2.75) is 38.4 Å². The third-order valence-electron chi connectivity index (χ3n) is 7.52. The van der Waals surface area contributed by atoms with Crippen LogP contribution >= 0.6 is 0 Å². The van der Waals surface area contributed by atoms with Gasteiger partial charge in [0.25, 0.3) is 0 Å². The predicted octanol–water partition coefficient (Wildman–Crippen LogP) is 4.01. The normalized spacial score (nSPS) is 16.6. The van der Waals surface area contributed by atoms with Gasteiger partial charge in [-0.25, -0.2) is 8.78 Å². The Balaban J connectivity index is 1.35. The molecular weight excluding hydrogens is 480 g/mol. The van der Waals surface area contributed by atoms with Crippen molar-refractivity contribution in [1.82, 2.24) is 9.88 Å². The van der Waals surface area contributed by atoms with Crippen LogP contribution in [0.2, 0.25) is 0 Å². The van der Waals surface area contributed by atoms with Crippen LogP contribution in [0, 0.1) is 17.0 Å². The molecule has 0 bridgehead atoms. The number of ether oxygens (including phenoxy) is 1. The third-order valence-corrected chi connectivity index (χ3v) is 7.52. The van der Waals surface area contributed by atoms with Crippen LogP contribution in [0.3, 0.4) is 0 Å². The maximum atomic E-state index is 13.4. The van der Waals surface area contributed by atoms with E-state index in [9.17, 15) is 24.1 Å². The molecule has 0 saturated carbocycles. The Labute approximate surface area is 215 Å². The molecule has 0 aliphatic carbocycles. The van der Waals surface area contributed by atoms with Crippen LogP contribution < -0.4 is 10.1 Å². The second kappa shape index (κ2) is 12.1. The van der Waals surface area contributed by atoms with Crippen molar-refractivity contribution in [3.8, 4) is 5.75 Å². The summed E-state index contributed by atoms with van der Waals surface area (Å²) in [6, 6.07) is 8.85. The van der Waals surface area contributed by atoms with Crippen LogP contribution in [0.15, 0.2) is 42.6 Å². The molecule has 37 heavy (non-hydrogen) atoms. The lowest BCUT2D eigenvalue weighted by atomic mass is 9.74. The maximum Gasteiger partial charge on any atom is 0.128 e. The number of likely N-dealkylation sites (tertiary alicyclic amines) is 1. The zero-order valence-electron chi connectivity index (χ0n) is 21.1. The van der Waals surface area contributed by atoms with Crippen molar-refractivity contribution in [1.29, 1.82) is 0 Å². The van der Waals surface area contributed by atoms with Gasteiger partial charge in [-0.15, -0.1) is 0 Å². The van der Waals surface area contributed by atoms with Gasteiger partial charge >= 0.3 is 0 Å². The summed E-state index contributed by atoms with van der Waals surface area (Å²) in [6.07, 6.45) is 3.41. The fourth-order valence-corrected chi connectivity index (χ4v) is 5.22. The minimum atomic E-state index is -0.822. The minimum absolute atomic E-state index is 0.0339. The summed E-state index contributed by atoms with van der Waals surface area (Å²) in [7, 11) is 1.58. The average Bonchev–Trinajstić information content (AvgIpc) is 2.91. The number of methoxy groups -OCH3 is 1. The largest absolute Gasteiger partial charge is 0.497 e. The van der Waals surface area contributed by atoms with Crippen molar-refractivity contribution < 1.29 is 28.8 Å². The number of benzene rings is 2. The van der Waals surface area contributed by atoms with Gasteiger partial charge in [-0.2, -0.15) is 0 Å². The summed E-state index contributed by atoms with van der Waals surface area (Å²) in [4.78, 5) is 6.66. The van der Waals surface area contributed by atoms with E-state index in [2.05, 4.69) is 15.2 Å². The summed E-state index contributed by atoms with van der Waals surface area (Å²) in [5, 5.41) is 35.2. The first kappa shape index (κ1) is 27.2. The van der Waals surface area contributed by atoms with Crippen molar-refractivity contribution in [2.75, 3.05) is 45.2 Å². The van der Waals surface area contributed by atoms with Gasteiger partial charge in [0.2, 0.25) is 0 Å². The molecule has 2 heterocycles. The van der Waals surface area contributed by atoms with E-state index >= 15 is 0 Å². The van der Waals surface area contributed by atoms with Crippen molar-refractivity contribution in [3.63, 3.8) is 0 Å². The smallest absolute Gasteiger partial charge is 0.128 e. The summed E-state index contributed by atoms with van der Waals surface area (Å²) in [5.74, 6) is -0.574. The number of hydrogen-bond acceptors (Lipinski definition) is 7. The molecular formula is C28H35F2N3O4. The molecule has 1 aliphatic heterocycles. The van der Waals surface area contributed by atoms with Gasteiger partial charge in [0.1, 0.15) is 17.4 Å². The molecule has 0 spiro atoms. The van der Waals surface area contributed by atoms with Gasteiger partial charge in [-0.1, -0.05) is 0 Å². The number of aliphatic hydroxyl groups excluding tert-OH is 3. The number of hydrogen-bond donors (Lipinski definition) is 4. The van der Waals surface area contributed by atoms with Gasteiger partial charge in [-0.05, 0) is 80.1 Å². The number of aliphatic hydroxyl groups is 3. The van der Waals surface area contributed by atoms with E-state index in [4.69, 9.17) is 4.74 Å². The number of halogens is 2. The molecule has 4 rings (SSSR count). The SMILES string of the molecule is COc1ccc2ncc(CO)c([C@H](O)CCC3(CO)CCN(CCNc4cc(F)cc(F)c4)CC3)c2c1. The lowest BCUT2D eigenvalue weighted by Gasteiger charge is -2.41. The fraction of sp³-hybridized carbons (Fsp3) is 0.464. The number of piperidine rings is 1. The van der Waals surface area contributed by atoms with Gasteiger partial charge in [0, 0.05) is 48.6 Å². The highest BCUT2D eigenvalue weighted by atomic mass is 19.1. The van der Waals surface area contributed by atoms with Gasteiger partial charge in [0.05, 0.1) is 25.3 Å². The van der Waals surface area contributed by atoms with E-state index in [0.29, 0.717) is 54.0 Å². The van der Waals surface area contributed by atoms with E-state index in [0.717, 1.165) is 37.4 Å². The third kappa shape index (κ3) is 6.54. The van der Waals surface area contributed by atoms with E-state index in [1.54, 1.807) is 13.3 Å².